The van der Waals surface area contributed by atoms with Crippen molar-refractivity contribution in [1.82, 2.24) is 0 Å². The van der Waals surface area contributed by atoms with Gasteiger partial charge in [-0.1, -0.05) is 25.7 Å². The summed E-state index contributed by atoms with van der Waals surface area (Å²) >= 11 is 6.45. The van der Waals surface area contributed by atoms with Crippen LogP contribution in [0.25, 0.3) is 0 Å². The van der Waals surface area contributed by atoms with Crippen molar-refractivity contribution in [3.8, 4) is 0 Å². The minimum Gasteiger partial charge on any atom is -0.378 e. The highest BCUT2D eigenvalue weighted by Gasteiger charge is 2.22. The van der Waals surface area contributed by atoms with Gasteiger partial charge in [-0.05, 0) is 44.4 Å². The van der Waals surface area contributed by atoms with Crippen LogP contribution in [-0.4, -0.2) is 18.1 Å². The molecule has 3 atom stereocenters. The third kappa shape index (κ3) is 3.92. The lowest BCUT2D eigenvalue weighted by Gasteiger charge is -2.20. The van der Waals surface area contributed by atoms with Crippen molar-refractivity contribution in [3.63, 3.8) is 0 Å². The number of hydrogen-bond donors (Lipinski definition) is 0. The molecule has 2 rings (SSSR count). The summed E-state index contributed by atoms with van der Waals surface area (Å²) in [6, 6.07) is 0. The summed E-state index contributed by atoms with van der Waals surface area (Å²) in [7, 11) is 0. The molecule has 2 heteroatoms. The average molecular weight is 245 g/mol. The molecule has 0 bridgehead atoms. The Morgan fingerprint density at radius 2 is 1.81 bits per heavy atom. The van der Waals surface area contributed by atoms with Crippen molar-refractivity contribution >= 4 is 11.6 Å². The van der Waals surface area contributed by atoms with Gasteiger partial charge in [0, 0.05) is 12.0 Å². The first-order valence-corrected chi connectivity index (χ1v) is 7.55. The molecular formula is C14H25ClO. The summed E-state index contributed by atoms with van der Waals surface area (Å²) in [6.07, 6.45) is 13.8. The van der Waals surface area contributed by atoms with Gasteiger partial charge >= 0.3 is 0 Å². The van der Waals surface area contributed by atoms with Crippen molar-refractivity contribution < 1.29 is 4.74 Å². The van der Waals surface area contributed by atoms with Crippen LogP contribution in [0.2, 0.25) is 0 Å². The quantitative estimate of drug-likeness (QED) is 0.522. The van der Waals surface area contributed by atoms with E-state index in [4.69, 9.17) is 16.3 Å². The molecule has 1 saturated heterocycles. The van der Waals surface area contributed by atoms with Gasteiger partial charge in [0.2, 0.25) is 0 Å². The SMILES string of the molecule is ClC1CCCCCC1CCCC1CCCO1. The number of halogens is 1. The first-order valence-electron chi connectivity index (χ1n) is 7.12. The topological polar surface area (TPSA) is 9.23 Å². The summed E-state index contributed by atoms with van der Waals surface area (Å²) in [5.74, 6) is 0.783. The second-order valence-corrected chi connectivity index (χ2v) is 6.04. The number of rotatable bonds is 4. The van der Waals surface area contributed by atoms with Gasteiger partial charge in [-0.25, -0.2) is 0 Å². The third-order valence-electron chi connectivity index (χ3n) is 4.19. The highest BCUT2D eigenvalue weighted by Crippen LogP contribution is 2.31. The molecule has 1 aliphatic carbocycles. The molecule has 2 aliphatic rings. The van der Waals surface area contributed by atoms with E-state index in [1.807, 2.05) is 0 Å². The van der Waals surface area contributed by atoms with E-state index in [2.05, 4.69) is 0 Å². The lowest BCUT2D eigenvalue weighted by Crippen LogP contribution is -2.14. The predicted octanol–water partition coefficient (Wildman–Crippen LogP) is 4.52. The summed E-state index contributed by atoms with van der Waals surface area (Å²) in [4.78, 5) is 0. The van der Waals surface area contributed by atoms with Crippen LogP contribution < -0.4 is 0 Å². The zero-order valence-corrected chi connectivity index (χ0v) is 11.1. The van der Waals surface area contributed by atoms with Crippen LogP contribution in [0.3, 0.4) is 0 Å². The van der Waals surface area contributed by atoms with Crippen molar-refractivity contribution in [2.24, 2.45) is 5.92 Å². The van der Waals surface area contributed by atoms with Gasteiger partial charge in [0.25, 0.3) is 0 Å². The monoisotopic (exact) mass is 244 g/mol. The summed E-state index contributed by atoms with van der Waals surface area (Å²) in [5.41, 5.74) is 0. The number of ether oxygens (including phenoxy) is 1. The Bertz CT molecular complexity index is 189. The molecule has 0 spiro atoms. The molecule has 0 N–H and O–H groups in total. The largest absolute Gasteiger partial charge is 0.378 e. The maximum absolute atomic E-state index is 6.45. The van der Waals surface area contributed by atoms with E-state index >= 15 is 0 Å². The average Bonchev–Trinajstić information content (AvgIpc) is 2.71. The minimum atomic E-state index is 0.451. The van der Waals surface area contributed by atoms with Gasteiger partial charge in [0.15, 0.2) is 0 Å². The highest BCUT2D eigenvalue weighted by atomic mass is 35.5. The van der Waals surface area contributed by atoms with Crippen LogP contribution in [-0.2, 0) is 4.74 Å². The molecule has 0 radical (unpaired) electrons. The fourth-order valence-electron chi connectivity index (χ4n) is 3.14. The molecule has 0 aromatic heterocycles. The molecular weight excluding hydrogens is 220 g/mol. The van der Waals surface area contributed by atoms with E-state index in [0.717, 1.165) is 12.5 Å². The fourth-order valence-corrected chi connectivity index (χ4v) is 3.55. The molecule has 16 heavy (non-hydrogen) atoms. The van der Waals surface area contributed by atoms with Gasteiger partial charge in [0.1, 0.15) is 0 Å². The maximum Gasteiger partial charge on any atom is 0.0576 e. The molecule has 3 unspecified atom stereocenters. The van der Waals surface area contributed by atoms with E-state index in [1.165, 1.54) is 64.2 Å². The van der Waals surface area contributed by atoms with Crippen LogP contribution in [0.1, 0.15) is 64.2 Å². The van der Waals surface area contributed by atoms with Crippen LogP contribution in [0.4, 0.5) is 0 Å². The molecule has 1 saturated carbocycles. The molecule has 2 fully saturated rings. The Kier molecular flexibility index (Phi) is 5.44. The number of hydrogen-bond acceptors (Lipinski definition) is 1. The van der Waals surface area contributed by atoms with E-state index in [0.29, 0.717) is 11.5 Å². The standard InChI is InChI=1S/C14H25ClO/c15-14-10-3-1-2-6-12(14)7-4-8-13-9-5-11-16-13/h12-14H,1-11H2. The lowest BCUT2D eigenvalue weighted by atomic mass is 9.93. The molecule has 94 valence electrons. The van der Waals surface area contributed by atoms with E-state index in [-0.39, 0.29) is 0 Å². The predicted molar refractivity (Wildman–Crippen MR) is 69.0 cm³/mol. The van der Waals surface area contributed by atoms with Gasteiger partial charge in [-0.2, -0.15) is 0 Å². The van der Waals surface area contributed by atoms with Crippen LogP contribution in [0.5, 0.6) is 0 Å². The number of alkyl halides is 1. The zero-order chi connectivity index (χ0) is 11.2. The molecule has 0 amide bonds. The summed E-state index contributed by atoms with van der Waals surface area (Å²) in [6.45, 7) is 0.992. The van der Waals surface area contributed by atoms with Crippen LogP contribution in [0.15, 0.2) is 0 Å². The van der Waals surface area contributed by atoms with Crippen molar-refractivity contribution in [1.29, 1.82) is 0 Å². The summed E-state index contributed by atoms with van der Waals surface area (Å²) in [5, 5.41) is 0.451. The second kappa shape index (κ2) is 6.86. The summed E-state index contributed by atoms with van der Waals surface area (Å²) < 4.78 is 5.66. The van der Waals surface area contributed by atoms with Crippen molar-refractivity contribution in [2.45, 2.75) is 75.7 Å². The van der Waals surface area contributed by atoms with E-state index in [9.17, 15) is 0 Å². The zero-order valence-electron chi connectivity index (χ0n) is 10.3. The van der Waals surface area contributed by atoms with Gasteiger partial charge in [0.05, 0.1) is 6.10 Å². The minimum absolute atomic E-state index is 0.451. The first kappa shape index (κ1) is 12.7. The molecule has 0 aromatic carbocycles. The van der Waals surface area contributed by atoms with E-state index in [1.54, 1.807) is 0 Å². The van der Waals surface area contributed by atoms with E-state index < -0.39 is 0 Å². The smallest absolute Gasteiger partial charge is 0.0576 e. The molecule has 1 heterocycles. The first-order chi connectivity index (χ1) is 7.86. The Labute approximate surface area is 105 Å². The second-order valence-electron chi connectivity index (χ2n) is 5.48. The molecule has 1 aliphatic heterocycles. The van der Waals surface area contributed by atoms with Crippen LogP contribution in [0, 0.1) is 5.92 Å². The Morgan fingerprint density at radius 1 is 0.938 bits per heavy atom. The van der Waals surface area contributed by atoms with Gasteiger partial charge in [-0.3, -0.25) is 0 Å². The van der Waals surface area contributed by atoms with Gasteiger partial charge in [-0.15, -0.1) is 11.6 Å². The van der Waals surface area contributed by atoms with Crippen molar-refractivity contribution in [2.75, 3.05) is 6.61 Å². The Balaban J connectivity index is 1.63. The van der Waals surface area contributed by atoms with Crippen molar-refractivity contribution in [3.05, 3.63) is 0 Å². The fraction of sp³-hybridized carbons (Fsp3) is 1.00. The van der Waals surface area contributed by atoms with Crippen LogP contribution >= 0.6 is 11.6 Å². The molecule has 0 aromatic rings. The normalized spacial score (nSPS) is 36.2. The maximum atomic E-state index is 6.45. The Morgan fingerprint density at radius 3 is 2.62 bits per heavy atom. The Hall–Kier alpha value is 0.250. The molecule has 1 nitrogen and oxygen atoms in total. The third-order valence-corrected chi connectivity index (χ3v) is 4.77. The lowest BCUT2D eigenvalue weighted by molar-refractivity contribution is 0.100. The highest BCUT2D eigenvalue weighted by molar-refractivity contribution is 6.20. The van der Waals surface area contributed by atoms with Gasteiger partial charge < -0.3 is 4.74 Å².